The molecule has 10 heteroatoms. The van der Waals surface area contributed by atoms with Crippen LogP contribution in [-0.4, -0.2) is 19.6 Å². The number of halogens is 3. The molecule has 7 rings (SSSR count). The van der Waals surface area contributed by atoms with Gasteiger partial charge in [-0.05, 0) is 35.9 Å². The monoisotopic (exact) mass is 546 g/mol. The highest BCUT2D eigenvalue weighted by Gasteiger charge is 2.38. The molecule has 0 spiro atoms. The van der Waals surface area contributed by atoms with Crippen LogP contribution >= 0.6 is 34.8 Å². The first-order valence-corrected chi connectivity index (χ1v) is 12.3. The van der Waals surface area contributed by atoms with Gasteiger partial charge in [0.05, 0.1) is 37.5 Å². The van der Waals surface area contributed by atoms with Crippen molar-refractivity contribution in [2.75, 3.05) is 0 Å². The van der Waals surface area contributed by atoms with Crippen LogP contribution in [0.2, 0.25) is 15.1 Å². The lowest BCUT2D eigenvalue weighted by molar-refractivity contribution is 0.422. The Morgan fingerprint density at radius 3 is 2.51 bits per heavy atom. The number of nitrogens with zero attached hydrogens (tertiary/aromatic N) is 4. The second kappa shape index (κ2) is 8.31. The highest BCUT2D eigenvalue weighted by molar-refractivity contribution is 6.42. The predicted molar refractivity (Wildman–Crippen MR) is 141 cm³/mol. The van der Waals surface area contributed by atoms with E-state index >= 15 is 0 Å². The van der Waals surface area contributed by atoms with Crippen molar-refractivity contribution >= 4 is 51.4 Å². The van der Waals surface area contributed by atoms with E-state index in [0.717, 1.165) is 0 Å². The molecule has 1 atom stereocenters. The van der Waals surface area contributed by atoms with Gasteiger partial charge in [-0.2, -0.15) is 0 Å². The molecule has 0 saturated heterocycles. The van der Waals surface area contributed by atoms with E-state index in [1.54, 1.807) is 36.4 Å². The van der Waals surface area contributed by atoms with Crippen LogP contribution in [0.15, 0.2) is 82.3 Å². The zero-order valence-electron chi connectivity index (χ0n) is 18.7. The van der Waals surface area contributed by atoms with E-state index in [4.69, 9.17) is 48.9 Å². The summed E-state index contributed by atoms with van der Waals surface area (Å²) in [6.45, 7) is 0. The van der Waals surface area contributed by atoms with Gasteiger partial charge in [0, 0.05) is 5.56 Å². The van der Waals surface area contributed by atoms with Crippen LogP contribution in [0.1, 0.15) is 22.6 Å². The summed E-state index contributed by atoms with van der Waals surface area (Å²) in [6, 6.07) is 19.7. The van der Waals surface area contributed by atoms with Crippen molar-refractivity contribution in [2.45, 2.75) is 5.92 Å². The Labute approximate surface area is 223 Å². The molecule has 3 aromatic heterocycles. The molecule has 1 unspecified atom stereocenters. The fraction of sp³-hybridized carbons (Fsp3) is 0.0370. The van der Waals surface area contributed by atoms with Gasteiger partial charge in [0.1, 0.15) is 11.9 Å². The standard InChI is InChI=1S/C27H13Cl3N4O3/c28-16-9-3-1-6-13(16)24-32-25-21-19(15-8-5-10-17(29)22(15)30)20-23(37-26(21)31-12-34(25)33-24)14-7-2-4-11-18(14)36-27(20)35/h1-12,19H. The normalized spacial score (nSPS) is 14.4. The lowest BCUT2D eigenvalue weighted by Crippen LogP contribution is -2.22. The fourth-order valence-electron chi connectivity index (χ4n) is 4.74. The first-order valence-electron chi connectivity index (χ1n) is 11.2. The molecule has 180 valence electrons. The number of aromatic nitrogens is 4. The summed E-state index contributed by atoms with van der Waals surface area (Å²) in [6.07, 6.45) is 1.51. The Kier molecular flexibility index (Phi) is 5.01. The Morgan fingerprint density at radius 2 is 1.65 bits per heavy atom. The smallest absolute Gasteiger partial charge is 0.344 e. The van der Waals surface area contributed by atoms with Crippen molar-refractivity contribution in [1.82, 2.24) is 19.6 Å². The number of fused-ring (bicyclic) bond motifs is 6. The number of benzene rings is 3. The zero-order chi connectivity index (χ0) is 25.3. The summed E-state index contributed by atoms with van der Waals surface area (Å²) in [5.41, 5.74) is 2.28. The van der Waals surface area contributed by atoms with E-state index in [2.05, 4.69) is 10.1 Å². The number of hydrogen-bond donors (Lipinski definition) is 0. The minimum Gasteiger partial charge on any atom is -0.437 e. The predicted octanol–water partition coefficient (Wildman–Crippen LogP) is 7.14. The van der Waals surface area contributed by atoms with E-state index < -0.39 is 11.5 Å². The molecule has 4 heterocycles. The molecule has 1 aliphatic heterocycles. The van der Waals surface area contributed by atoms with Gasteiger partial charge in [0.25, 0.3) is 0 Å². The number of ether oxygens (including phenoxy) is 1. The molecule has 6 aromatic rings. The molecule has 0 amide bonds. The van der Waals surface area contributed by atoms with E-state index in [1.165, 1.54) is 10.8 Å². The molecule has 0 radical (unpaired) electrons. The topological polar surface area (TPSA) is 82.5 Å². The second-order valence-corrected chi connectivity index (χ2v) is 9.65. The van der Waals surface area contributed by atoms with E-state index in [-0.39, 0.29) is 11.4 Å². The quantitative estimate of drug-likeness (QED) is 0.214. The molecule has 3 aromatic carbocycles. The average molecular weight is 548 g/mol. The Bertz CT molecular complexity index is 1950. The van der Waals surface area contributed by atoms with Crippen molar-refractivity contribution < 1.29 is 9.15 Å². The molecule has 1 aliphatic rings. The maximum atomic E-state index is 13.5. The maximum absolute atomic E-state index is 13.5. The first-order chi connectivity index (χ1) is 18.0. The summed E-state index contributed by atoms with van der Waals surface area (Å²) in [4.78, 5) is 22.8. The van der Waals surface area contributed by atoms with Crippen LogP contribution in [0, 0.1) is 0 Å². The van der Waals surface area contributed by atoms with Crippen LogP contribution in [0.4, 0.5) is 0 Å². The molecular weight excluding hydrogens is 535 g/mol. The summed E-state index contributed by atoms with van der Waals surface area (Å²) in [5, 5.41) is 6.37. The Balaban J connectivity index is 1.58. The van der Waals surface area contributed by atoms with Crippen molar-refractivity contribution in [3.8, 4) is 23.0 Å². The number of hydrogen-bond acceptors (Lipinski definition) is 6. The zero-order valence-corrected chi connectivity index (χ0v) is 20.9. The lowest BCUT2D eigenvalue weighted by Gasteiger charge is -2.28. The number of para-hydroxylation sites is 1. The van der Waals surface area contributed by atoms with Crippen molar-refractivity contribution in [2.24, 2.45) is 0 Å². The average Bonchev–Trinajstić information content (AvgIpc) is 3.34. The van der Waals surface area contributed by atoms with Crippen LogP contribution < -0.4 is 10.4 Å². The largest absolute Gasteiger partial charge is 0.437 e. The summed E-state index contributed by atoms with van der Waals surface area (Å²) < 4.78 is 13.5. The van der Waals surface area contributed by atoms with Crippen molar-refractivity contribution in [3.05, 3.63) is 115 Å². The van der Waals surface area contributed by atoms with Crippen LogP contribution in [0.3, 0.4) is 0 Å². The third-order valence-corrected chi connectivity index (χ3v) is 7.53. The first kappa shape index (κ1) is 22.3. The molecule has 7 nitrogen and oxygen atoms in total. The molecular formula is C27H13Cl3N4O3. The minimum atomic E-state index is -0.745. The molecule has 0 bridgehead atoms. The van der Waals surface area contributed by atoms with E-state index in [0.29, 0.717) is 59.9 Å². The minimum absolute atomic E-state index is 0.271. The molecule has 0 saturated carbocycles. The number of rotatable bonds is 2. The second-order valence-electron chi connectivity index (χ2n) is 8.45. The van der Waals surface area contributed by atoms with Gasteiger partial charge in [-0.3, -0.25) is 0 Å². The third kappa shape index (κ3) is 3.35. The maximum Gasteiger partial charge on any atom is 0.344 e. The molecule has 0 fully saturated rings. The van der Waals surface area contributed by atoms with Gasteiger partial charge in [0.2, 0.25) is 5.88 Å². The third-order valence-electron chi connectivity index (χ3n) is 6.37. The van der Waals surface area contributed by atoms with Gasteiger partial charge in [0.15, 0.2) is 17.2 Å². The highest BCUT2D eigenvalue weighted by atomic mass is 35.5. The van der Waals surface area contributed by atoms with Crippen LogP contribution in [0.5, 0.6) is 11.6 Å². The Morgan fingerprint density at radius 1 is 0.865 bits per heavy atom. The van der Waals surface area contributed by atoms with Gasteiger partial charge in [-0.15, -0.1) is 5.10 Å². The summed E-state index contributed by atoms with van der Waals surface area (Å²) in [7, 11) is 0. The van der Waals surface area contributed by atoms with Gasteiger partial charge >= 0.3 is 5.63 Å². The van der Waals surface area contributed by atoms with Crippen molar-refractivity contribution in [3.63, 3.8) is 0 Å². The lowest BCUT2D eigenvalue weighted by atomic mass is 9.84. The SMILES string of the molecule is O=c1oc2ccccc2c2c1C(c1cccc(Cl)c1Cl)c1c(ncn3nc(-c4ccccc4Cl)nc13)O2. The van der Waals surface area contributed by atoms with Crippen molar-refractivity contribution in [1.29, 1.82) is 0 Å². The van der Waals surface area contributed by atoms with E-state index in [9.17, 15) is 4.79 Å². The summed E-state index contributed by atoms with van der Waals surface area (Å²) in [5.74, 6) is 0.274. The highest BCUT2D eigenvalue weighted by Crippen LogP contribution is 2.50. The Hall–Kier alpha value is -3.91. The molecule has 0 aliphatic carbocycles. The van der Waals surface area contributed by atoms with Crippen LogP contribution in [-0.2, 0) is 0 Å². The summed E-state index contributed by atoms with van der Waals surface area (Å²) >= 11 is 19.6. The van der Waals surface area contributed by atoms with Gasteiger partial charge < -0.3 is 9.15 Å². The van der Waals surface area contributed by atoms with Crippen LogP contribution in [0.25, 0.3) is 28.0 Å². The van der Waals surface area contributed by atoms with Gasteiger partial charge in [-0.25, -0.2) is 19.3 Å². The van der Waals surface area contributed by atoms with E-state index in [1.807, 2.05) is 30.3 Å². The molecule has 0 N–H and O–H groups in total. The van der Waals surface area contributed by atoms with Gasteiger partial charge in [-0.1, -0.05) is 71.2 Å². The fourth-order valence-corrected chi connectivity index (χ4v) is 5.38. The molecule has 37 heavy (non-hydrogen) atoms.